The van der Waals surface area contributed by atoms with E-state index in [2.05, 4.69) is 105 Å². The lowest BCUT2D eigenvalue weighted by atomic mass is 9.94. The Bertz CT molecular complexity index is 2310. The highest BCUT2D eigenvalue weighted by molar-refractivity contribution is 6.50. The van der Waals surface area contributed by atoms with Crippen molar-refractivity contribution >= 4 is 61.9 Å². The fourth-order valence-electron chi connectivity index (χ4n) is 7.26. The van der Waals surface area contributed by atoms with Gasteiger partial charge >= 0.3 is 7.25 Å². The van der Waals surface area contributed by atoms with E-state index in [4.69, 9.17) is 14.2 Å². The van der Waals surface area contributed by atoms with Crippen molar-refractivity contribution in [3.63, 3.8) is 0 Å². The summed E-state index contributed by atoms with van der Waals surface area (Å²) in [6.45, 7) is 0. The van der Waals surface area contributed by atoms with Gasteiger partial charge in [0.15, 0.2) is 0 Å². The van der Waals surface area contributed by atoms with Crippen LogP contribution in [0.5, 0.6) is 17.2 Å². The van der Waals surface area contributed by atoms with E-state index < -0.39 is 7.25 Å². The molecule has 3 aromatic heterocycles. The molecular formula is C40H30BF4N3O3. The number of halogens is 4. The maximum absolute atomic E-state index is 9.75. The number of aromatic nitrogens is 3. The third-order valence-electron chi connectivity index (χ3n) is 9.25. The SMILES string of the molecule is COc1ccc(-n2c3cccc4c3[c+]3c5c2cccc5n(-c2ccc(OC)cc2)c2cccc(c23)n4-c2ccc(OC)cc2)cc1.F[B-](F)(F)F. The third-order valence-corrected chi connectivity index (χ3v) is 9.25. The van der Waals surface area contributed by atoms with Crippen molar-refractivity contribution in [1.29, 1.82) is 0 Å². The van der Waals surface area contributed by atoms with Crippen molar-refractivity contribution in [1.82, 2.24) is 13.7 Å². The summed E-state index contributed by atoms with van der Waals surface area (Å²) in [5.41, 5.74) is 10.0. The second-order valence-corrected chi connectivity index (χ2v) is 12.0. The molecule has 6 nitrogen and oxygen atoms in total. The van der Waals surface area contributed by atoms with E-state index in [9.17, 15) is 17.3 Å². The summed E-state index contributed by atoms with van der Waals surface area (Å²) in [6.07, 6.45) is 0. The minimum atomic E-state index is -6.00. The Hall–Kier alpha value is -6.23. The van der Waals surface area contributed by atoms with E-state index in [1.54, 1.807) is 21.3 Å². The predicted octanol–water partition coefficient (Wildman–Crippen LogP) is 10.9. The number of hydrogen-bond donors (Lipinski definition) is 0. The lowest BCUT2D eigenvalue weighted by molar-refractivity contribution is 0.368. The van der Waals surface area contributed by atoms with Crippen LogP contribution in [-0.4, -0.2) is 42.3 Å². The Morgan fingerprint density at radius 1 is 0.392 bits per heavy atom. The van der Waals surface area contributed by atoms with Gasteiger partial charge in [-0.05, 0) is 127 Å². The second-order valence-electron chi connectivity index (χ2n) is 12.0. The molecular weight excluding hydrogens is 657 g/mol. The normalized spacial score (nSPS) is 11.8. The first kappa shape index (κ1) is 32.0. The molecule has 0 radical (unpaired) electrons. The molecule has 0 amide bonds. The van der Waals surface area contributed by atoms with Crippen LogP contribution in [0.25, 0.3) is 71.7 Å². The number of pyridine rings is 3. The zero-order chi connectivity index (χ0) is 35.4. The average Bonchev–Trinajstić information content (AvgIpc) is 3.15. The van der Waals surface area contributed by atoms with Gasteiger partial charge in [-0.1, -0.05) is 0 Å². The van der Waals surface area contributed by atoms with Gasteiger partial charge in [-0.2, -0.15) is 0 Å². The first-order valence-electron chi connectivity index (χ1n) is 16.2. The molecule has 9 rings (SSSR count). The largest absolute Gasteiger partial charge is 0.673 e. The standard InChI is InChI=1S/C40H30N3O3.BF4/c1-44-28-19-13-25(14-20-28)41-31-7-4-9-33-37(31)40-38-32(41)8-5-10-34(38)43(27-17-23-30(46-3)24-18-27)36-12-6-11-35(39(36)40)42(33)26-15-21-29(45-2)22-16-26;2-1(3,4)5/h4-24H,1-3H3;/q+1;-1. The maximum Gasteiger partial charge on any atom is 0.673 e. The molecule has 51 heavy (non-hydrogen) atoms. The van der Waals surface area contributed by atoms with E-state index in [-0.39, 0.29) is 0 Å². The van der Waals surface area contributed by atoms with Crippen LogP contribution in [-0.2, 0) is 0 Å². The van der Waals surface area contributed by atoms with Crippen molar-refractivity contribution in [2.24, 2.45) is 0 Å². The average molecular weight is 688 g/mol. The number of methoxy groups -OCH3 is 3. The minimum Gasteiger partial charge on any atom is -0.497 e. The van der Waals surface area contributed by atoms with Crippen LogP contribution < -0.4 is 14.2 Å². The van der Waals surface area contributed by atoms with Crippen molar-refractivity contribution < 1.29 is 31.5 Å². The van der Waals surface area contributed by atoms with Gasteiger partial charge < -0.3 is 31.5 Å². The molecule has 0 saturated heterocycles. The van der Waals surface area contributed by atoms with Crippen LogP contribution in [0.1, 0.15) is 0 Å². The summed E-state index contributed by atoms with van der Waals surface area (Å²) in [6, 6.07) is 44.9. The van der Waals surface area contributed by atoms with E-state index in [1.165, 1.54) is 21.5 Å². The molecule has 3 heterocycles. The molecule has 0 aliphatic rings. The van der Waals surface area contributed by atoms with Gasteiger partial charge in [0, 0.05) is 0 Å². The molecule has 11 heteroatoms. The number of ether oxygens (including phenoxy) is 3. The molecule has 254 valence electrons. The molecule has 9 aromatic rings. The summed E-state index contributed by atoms with van der Waals surface area (Å²) >= 11 is 0. The minimum absolute atomic E-state index is 0.827. The first-order chi connectivity index (χ1) is 24.7. The summed E-state index contributed by atoms with van der Waals surface area (Å²) in [7, 11) is -0.890. The highest BCUT2D eigenvalue weighted by Crippen LogP contribution is 2.46. The molecule has 0 unspecified atom stereocenters. The molecule has 0 aliphatic heterocycles. The molecule has 0 N–H and O–H groups in total. The Labute approximate surface area is 289 Å². The molecule has 0 atom stereocenters. The molecule has 0 aliphatic carbocycles. The fourth-order valence-corrected chi connectivity index (χ4v) is 7.26. The molecule has 0 bridgehead atoms. The molecule has 0 spiro atoms. The Balaban J connectivity index is 0.000000702. The van der Waals surface area contributed by atoms with Gasteiger partial charge in [-0.3, -0.25) is 13.7 Å². The highest BCUT2D eigenvalue weighted by Gasteiger charge is 2.30. The summed E-state index contributed by atoms with van der Waals surface area (Å²) in [4.78, 5) is 0. The zero-order valence-electron chi connectivity index (χ0n) is 27.8. The van der Waals surface area contributed by atoms with Crippen molar-refractivity contribution in [2.75, 3.05) is 21.3 Å². The predicted molar refractivity (Wildman–Crippen MR) is 197 cm³/mol. The first-order valence-corrected chi connectivity index (χ1v) is 16.2. The van der Waals surface area contributed by atoms with Gasteiger partial charge in [0.25, 0.3) is 0 Å². The highest BCUT2D eigenvalue weighted by atomic mass is 19.5. The summed E-state index contributed by atoms with van der Waals surface area (Å²) in [5, 5.41) is 4.90. The Morgan fingerprint density at radius 3 is 0.804 bits per heavy atom. The number of rotatable bonds is 6. The lowest BCUT2D eigenvalue weighted by Crippen LogP contribution is -2.10. The molecule has 0 fully saturated rings. The van der Waals surface area contributed by atoms with Crippen LogP contribution in [0.4, 0.5) is 17.3 Å². The van der Waals surface area contributed by atoms with Gasteiger partial charge in [-0.25, -0.2) is 0 Å². The van der Waals surface area contributed by atoms with Crippen LogP contribution in [0.2, 0.25) is 0 Å². The van der Waals surface area contributed by atoms with Crippen LogP contribution in [0.3, 0.4) is 0 Å². The van der Waals surface area contributed by atoms with Gasteiger partial charge in [0.1, 0.15) is 66.5 Å². The van der Waals surface area contributed by atoms with E-state index in [0.29, 0.717) is 0 Å². The molecule has 6 aromatic carbocycles. The summed E-state index contributed by atoms with van der Waals surface area (Å²) < 4.78 is 62.7. The quantitative estimate of drug-likeness (QED) is 0.0575. The topological polar surface area (TPSA) is 42.5 Å². The van der Waals surface area contributed by atoms with Gasteiger partial charge in [0.2, 0.25) is 0 Å². The summed E-state index contributed by atoms with van der Waals surface area (Å²) in [5.74, 6) is 2.48. The van der Waals surface area contributed by atoms with E-state index in [1.807, 2.05) is 36.4 Å². The van der Waals surface area contributed by atoms with E-state index in [0.717, 1.165) is 67.4 Å². The lowest BCUT2D eigenvalue weighted by Gasteiger charge is -2.23. The fraction of sp³-hybridized carbons (Fsp3) is 0.0750. The van der Waals surface area contributed by atoms with Crippen LogP contribution in [0, 0.1) is 0 Å². The van der Waals surface area contributed by atoms with Crippen LogP contribution >= 0.6 is 0 Å². The Kier molecular flexibility index (Phi) is 7.70. The van der Waals surface area contributed by atoms with Gasteiger partial charge in [-0.15, -0.1) is 0 Å². The smallest absolute Gasteiger partial charge is 0.497 e. The molecule has 0 saturated carbocycles. The van der Waals surface area contributed by atoms with Gasteiger partial charge in [0.05, 0.1) is 43.8 Å². The van der Waals surface area contributed by atoms with E-state index >= 15 is 0 Å². The maximum atomic E-state index is 9.75. The zero-order valence-corrected chi connectivity index (χ0v) is 27.8. The number of hydrogen-bond acceptors (Lipinski definition) is 3. The van der Waals surface area contributed by atoms with Crippen LogP contribution in [0.15, 0.2) is 127 Å². The van der Waals surface area contributed by atoms with Crippen molar-refractivity contribution in [3.05, 3.63) is 127 Å². The number of nitrogens with zero attached hydrogens (tertiary/aromatic N) is 3. The second kappa shape index (κ2) is 12.3. The Morgan fingerprint density at radius 2 is 0.608 bits per heavy atom. The monoisotopic (exact) mass is 687 g/mol. The number of benzene rings is 6. The van der Waals surface area contributed by atoms with Crippen molar-refractivity contribution in [3.8, 4) is 34.3 Å². The third kappa shape index (κ3) is 5.33. The van der Waals surface area contributed by atoms with Crippen molar-refractivity contribution in [2.45, 2.75) is 0 Å².